The Balaban J connectivity index is 1.36. The number of rotatable bonds is 6. The molecule has 4 rings (SSSR count). The summed E-state index contributed by atoms with van der Waals surface area (Å²) in [6, 6.07) is 15.2. The number of amidine groups is 1. The number of hydrogen-bond donors (Lipinski definition) is 2. The summed E-state index contributed by atoms with van der Waals surface area (Å²) in [5.41, 5.74) is 8.16. The van der Waals surface area contributed by atoms with E-state index in [9.17, 15) is 4.79 Å². The number of aliphatic imine (C=N–C) groups is 1. The van der Waals surface area contributed by atoms with Crippen molar-refractivity contribution in [1.82, 2.24) is 9.88 Å². The molecule has 166 valence electrons. The van der Waals surface area contributed by atoms with Gasteiger partial charge in [0.05, 0.1) is 12.8 Å². The molecule has 2 aromatic carbocycles. The molecule has 1 aliphatic heterocycles. The largest absolute Gasteiger partial charge is 0.496 e. The van der Waals surface area contributed by atoms with Crippen LogP contribution in [0.25, 0.3) is 10.8 Å². The Labute approximate surface area is 188 Å². The van der Waals surface area contributed by atoms with E-state index in [1.165, 1.54) is 5.56 Å². The molecule has 0 saturated carbocycles. The molecule has 1 unspecified atom stereocenters. The Bertz CT molecular complexity index is 1110. The van der Waals surface area contributed by atoms with Gasteiger partial charge >= 0.3 is 6.03 Å². The summed E-state index contributed by atoms with van der Waals surface area (Å²) in [6.07, 6.45) is 6.35. The maximum Gasteiger partial charge on any atom is 0.347 e. The van der Waals surface area contributed by atoms with Gasteiger partial charge in [-0.1, -0.05) is 30.3 Å². The number of carbonyl (C=O) groups excluding carboxylic acids is 1. The second kappa shape index (κ2) is 10.2. The van der Waals surface area contributed by atoms with Crippen molar-refractivity contribution in [1.29, 1.82) is 0 Å². The predicted molar refractivity (Wildman–Crippen MR) is 128 cm³/mol. The molecule has 1 aliphatic rings. The lowest BCUT2D eigenvalue weighted by atomic mass is 9.96. The van der Waals surface area contributed by atoms with Crippen molar-refractivity contribution in [3.63, 3.8) is 0 Å². The number of urea groups is 1. The number of nitrogens with zero attached hydrogens (tertiary/aromatic N) is 3. The number of pyridine rings is 1. The second-order valence-electron chi connectivity index (χ2n) is 8.07. The highest BCUT2D eigenvalue weighted by Gasteiger charge is 2.23. The quantitative estimate of drug-likeness (QED) is 0.453. The van der Waals surface area contributed by atoms with Crippen molar-refractivity contribution in [3.05, 3.63) is 66.5 Å². The average Bonchev–Trinajstić information content (AvgIpc) is 2.83. The van der Waals surface area contributed by atoms with Gasteiger partial charge in [-0.15, -0.1) is 0 Å². The van der Waals surface area contributed by atoms with Crippen LogP contribution in [0.2, 0.25) is 0 Å². The zero-order chi connectivity index (χ0) is 22.3. The van der Waals surface area contributed by atoms with Crippen LogP contribution in [0.1, 0.15) is 18.4 Å². The predicted octanol–water partition coefficient (Wildman–Crippen LogP) is 4.09. The van der Waals surface area contributed by atoms with Crippen LogP contribution in [-0.4, -0.2) is 48.5 Å². The van der Waals surface area contributed by atoms with Crippen LogP contribution in [0, 0.1) is 5.92 Å². The van der Waals surface area contributed by atoms with Crippen molar-refractivity contribution in [2.45, 2.75) is 19.3 Å². The first-order valence-electron chi connectivity index (χ1n) is 11.0. The molecule has 7 heteroatoms. The molecular formula is C25H29N5O2. The number of piperidine rings is 1. The molecule has 2 heterocycles. The van der Waals surface area contributed by atoms with E-state index < -0.39 is 6.03 Å². The minimum atomic E-state index is -0.446. The van der Waals surface area contributed by atoms with Crippen molar-refractivity contribution in [3.8, 4) is 5.75 Å². The van der Waals surface area contributed by atoms with E-state index in [2.05, 4.69) is 26.3 Å². The van der Waals surface area contributed by atoms with E-state index in [1.54, 1.807) is 19.5 Å². The Morgan fingerprint density at radius 2 is 2.12 bits per heavy atom. The van der Waals surface area contributed by atoms with E-state index in [0.717, 1.165) is 55.4 Å². The highest BCUT2D eigenvalue weighted by atomic mass is 16.5. The second-order valence-corrected chi connectivity index (χ2v) is 8.07. The van der Waals surface area contributed by atoms with E-state index in [-0.39, 0.29) is 5.92 Å². The maximum atomic E-state index is 12.6. The highest BCUT2D eigenvalue weighted by molar-refractivity contribution is 6.05. The van der Waals surface area contributed by atoms with Crippen LogP contribution >= 0.6 is 0 Å². The molecule has 1 fully saturated rings. The summed E-state index contributed by atoms with van der Waals surface area (Å²) in [5.74, 6) is 1.39. The number of ether oxygens (including phenoxy) is 1. The van der Waals surface area contributed by atoms with E-state index in [4.69, 9.17) is 10.5 Å². The monoisotopic (exact) mass is 431 g/mol. The molecule has 0 aliphatic carbocycles. The summed E-state index contributed by atoms with van der Waals surface area (Å²) < 4.78 is 5.46. The van der Waals surface area contributed by atoms with Crippen LogP contribution in [-0.2, 0) is 6.42 Å². The summed E-state index contributed by atoms with van der Waals surface area (Å²) in [4.78, 5) is 23.2. The number of fused-ring (bicyclic) bond motifs is 1. The van der Waals surface area contributed by atoms with Gasteiger partial charge in [0.25, 0.3) is 0 Å². The SMILES string of the molecule is COc1ccccc1CCN1CCCC(/C(N)=N/C(=O)Nc2cccc3cnccc23)C1. The van der Waals surface area contributed by atoms with Gasteiger partial charge in [-0.2, -0.15) is 4.99 Å². The molecule has 2 amide bonds. The fourth-order valence-corrected chi connectivity index (χ4v) is 4.27. The van der Waals surface area contributed by atoms with Gasteiger partial charge in [0, 0.05) is 42.2 Å². The molecule has 1 atom stereocenters. The standard InChI is InChI=1S/C25H29N5O2/c1-32-23-10-3-2-6-18(23)12-15-30-14-5-8-20(17-30)24(26)29-25(31)28-22-9-4-7-19-16-27-13-11-21(19)22/h2-4,6-7,9-11,13,16,20H,5,8,12,14-15,17H2,1H3,(H3,26,28,29,31). The van der Waals surface area contributed by atoms with Crippen LogP contribution in [0.4, 0.5) is 10.5 Å². The minimum absolute atomic E-state index is 0.0730. The molecule has 0 spiro atoms. The van der Waals surface area contributed by atoms with E-state index in [1.807, 2.05) is 42.5 Å². The third-order valence-corrected chi connectivity index (χ3v) is 5.97. The van der Waals surface area contributed by atoms with Crippen LogP contribution in [0.15, 0.2) is 65.9 Å². The lowest BCUT2D eigenvalue weighted by Gasteiger charge is -2.32. The Kier molecular flexibility index (Phi) is 6.97. The summed E-state index contributed by atoms with van der Waals surface area (Å²) in [5, 5.41) is 4.74. The molecule has 3 N–H and O–H groups in total. The van der Waals surface area contributed by atoms with Gasteiger partial charge in [0.15, 0.2) is 0 Å². The molecule has 1 aromatic heterocycles. The van der Waals surface area contributed by atoms with Crippen LogP contribution in [0.3, 0.4) is 0 Å². The third-order valence-electron chi connectivity index (χ3n) is 5.97. The number of carbonyl (C=O) groups is 1. The molecule has 7 nitrogen and oxygen atoms in total. The molecule has 32 heavy (non-hydrogen) atoms. The minimum Gasteiger partial charge on any atom is -0.496 e. The molecular weight excluding hydrogens is 402 g/mol. The van der Waals surface area contributed by atoms with Crippen molar-refractivity contribution < 1.29 is 9.53 Å². The van der Waals surface area contributed by atoms with Gasteiger partial charge in [-0.25, -0.2) is 4.79 Å². The maximum absolute atomic E-state index is 12.6. The lowest BCUT2D eigenvalue weighted by Crippen LogP contribution is -2.42. The molecule has 0 bridgehead atoms. The number of likely N-dealkylation sites (tertiary alicyclic amines) is 1. The molecule has 3 aromatic rings. The Morgan fingerprint density at radius 3 is 3.00 bits per heavy atom. The average molecular weight is 432 g/mol. The zero-order valence-electron chi connectivity index (χ0n) is 18.3. The van der Waals surface area contributed by atoms with Gasteiger partial charge in [-0.05, 0) is 49.6 Å². The van der Waals surface area contributed by atoms with Crippen LogP contribution < -0.4 is 15.8 Å². The number of nitrogens with one attached hydrogen (secondary N) is 1. The smallest absolute Gasteiger partial charge is 0.347 e. The van der Waals surface area contributed by atoms with Crippen molar-refractivity contribution >= 4 is 28.3 Å². The van der Waals surface area contributed by atoms with Gasteiger partial charge in [0.1, 0.15) is 11.6 Å². The van der Waals surface area contributed by atoms with E-state index in [0.29, 0.717) is 11.5 Å². The summed E-state index contributed by atoms with van der Waals surface area (Å²) >= 11 is 0. The van der Waals surface area contributed by atoms with Gasteiger partial charge in [-0.3, -0.25) is 4.98 Å². The lowest BCUT2D eigenvalue weighted by molar-refractivity contribution is 0.205. The van der Waals surface area contributed by atoms with Crippen molar-refractivity contribution in [2.75, 3.05) is 32.1 Å². The number of para-hydroxylation sites is 1. The Morgan fingerprint density at radius 1 is 1.25 bits per heavy atom. The number of methoxy groups -OCH3 is 1. The molecule has 0 radical (unpaired) electrons. The Hall–Kier alpha value is -3.45. The number of hydrogen-bond acceptors (Lipinski definition) is 4. The van der Waals surface area contributed by atoms with Crippen molar-refractivity contribution in [2.24, 2.45) is 16.6 Å². The van der Waals surface area contributed by atoms with Gasteiger partial charge < -0.3 is 20.7 Å². The third kappa shape index (κ3) is 5.23. The van der Waals surface area contributed by atoms with Gasteiger partial charge in [0.2, 0.25) is 0 Å². The molecule has 1 saturated heterocycles. The summed E-state index contributed by atoms with van der Waals surface area (Å²) in [6.45, 7) is 2.74. The fraction of sp³-hybridized carbons (Fsp3) is 0.320. The fourth-order valence-electron chi connectivity index (χ4n) is 4.27. The topological polar surface area (TPSA) is 92.8 Å². The number of aromatic nitrogens is 1. The first-order chi connectivity index (χ1) is 15.6. The number of benzene rings is 2. The zero-order valence-corrected chi connectivity index (χ0v) is 18.3. The number of nitrogens with two attached hydrogens (primary N) is 1. The van der Waals surface area contributed by atoms with Crippen LogP contribution in [0.5, 0.6) is 5.75 Å². The first kappa shape index (κ1) is 21.8. The highest BCUT2D eigenvalue weighted by Crippen LogP contribution is 2.23. The first-order valence-corrected chi connectivity index (χ1v) is 11.0. The van der Waals surface area contributed by atoms with E-state index >= 15 is 0 Å². The number of amides is 2. The number of anilines is 1. The summed E-state index contributed by atoms with van der Waals surface area (Å²) in [7, 11) is 1.70. The normalized spacial score (nSPS) is 17.3.